The molecular formula is C11H9N3O4. The molecule has 2 rings (SSSR count). The summed E-state index contributed by atoms with van der Waals surface area (Å²) in [6.45, 7) is 1.78. The summed E-state index contributed by atoms with van der Waals surface area (Å²) >= 11 is 0. The van der Waals surface area contributed by atoms with Crippen LogP contribution >= 0.6 is 0 Å². The molecule has 2 N–H and O–H groups in total. The van der Waals surface area contributed by atoms with Gasteiger partial charge in [-0.3, -0.25) is 19.3 Å². The third-order valence-corrected chi connectivity index (χ3v) is 2.35. The Balaban J connectivity index is 2.68. The number of carbonyl (C=O) groups is 1. The standard InChI is InChI=1S/C11H9N3O4/c1-6-2-3-7(4-12-6)14-5-8(10(16)17)9(15)13-11(14)18/h2-5H,1H3,(H,16,17)(H,13,15,18). The van der Waals surface area contributed by atoms with Gasteiger partial charge in [-0.25, -0.2) is 9.59 Å². The largest absolute Gasteiger partial charge is 0.477 e. The van der Waals surface area contributed by atoms with Crippen LogP contribution in [0.2, 0.25) is 0 Å². The molecule has 0 aromatic carbocycles. The van der Waals surface area contributed by atoms with E-state index in [0.29, 0.717) is 5.69 Å². The summed E-state index contributed by atoms with van der Waals surface area (Å²) in [4.78, 5) is 39.6. The number of hydrogen-bond acceptors (Lipinski definition) is 4. The Morgan fingerprint density at radius 1 is 1.39 bits per heavy atom. The van der Waals surface area contributed by atoms with Crippen molar-refractivity contribution in [1.29, 1.82) is 0 Å². The third kappa shape index (κ3) is 2.05. The Hall–Kier alpha value is -2.70. The number of nitrogens with zero attached hydrogens (tertiary/aromatic N) is 2. The van der Waals surface area contributed by atoms with Crippen molar-refractivity contribution in [2.24, 2.45) is 0 Å². The van der Waals surface area contributed by atoms with Crippen LogP contribution in [0.1, 0.15) is 16.1 Å². The number of aryl methyl sites for hydroxylation is 1. The number of nitrogens with one attached hydrogen (secondary N) is 1. The molecular weight excluding hydrogens is 238 g/mol. The molecule has 0 aliphatic rings. The lowest BCUT2D eigenvalue weighted by Crippen LogP contribution is -2.32. The van der Waals surface area contributed by atoms with Gasteiger partial charge in [0, 0.05) is 11.9 Å². The normalized spacial score (nSPS) is 10.3. The van der Waals surface area contributed by atoms with E-state index in [-0.39, 0.29) is 0 Å². The van der Waals surface area contributed by atoms with Crippen molar-refractivity contribution < 1.29 is 9.90 Å². The Kier molecular flexibility index (Phi) is 2.80. The minimum atomic E-state index is -1.40. The molecule has 0 radical (unpaired) electrons. The van der Waals surface area contributed by atoms with E-state index in [2.05, 4.69) is 4.98 Å². The van der Waals surface area contributed by atoms with Crippen LogP contribution in [-0.2, 0) is 0 Å². The van der Waals surface area contributed by atoms with E-state index in [0.717, 1.165) is 16.5 Å². The molecule has 0 saturated heterocycles. The Labute approximate surface area is 100 Å². The third-order valence-electron chi connectivity index (χ3n) is 2.35. The molecule has 0 atom stereocenters. The molecule has 0 aliphatic carbocycles. The van der Waals surface area contributed by atoms with E-state index in [4.69, 9.17) is 5.11 Å². The van der Waals surface area contributed by atoms with Gasteiger partial charge >= 0.3 is 11.7 Å². The van der Waals surface area contributed by atoms with Crippen LogP contribution in [-0.4, -0.2) is 25.6 Å². The average molecular weight is 247 g/mol. The number of aromatic carboxylic acids is 1. The summed E-state index contributed by atoms with van der Waals surface area (Å²) in [5.41, 5.74) is -1.01. The highest BCUT2D eigenvalue weighted by molar-refractivity contribution is 5.86. The number of carboxylic acid groups (broad SMARTS) is 1. The monoisotopic (exact) mass is 247 g/mol. The fraction of sp³-hybridized carbons (Fsp3) is 0.0909. The fourth-order valence-corrected chi connectivity index (χ4v) is 1.42. The van der Waals surface area contributed by atoms with Gasteiger partial charge in [0.15, 0.2) is 0 Å². The van der Waals surface area contributed by atoms with Crippen LogP contribution in [0.25, 0.3) is 5.69 Å². The van der Waals surface area contributed by atoms with Crippen LogP contribution in [0.15, 0.2) is 34.1 Å². The van der Waals surface area contributed by atoms with Crippen LogP contribution in [0, 0.1) is 6.92 Å². The number of aromatic nitrogens is 3. The lowest BCUT2D eigenvalue weighted by molar-refractivity contribution is 0.0694. The predicted octanol–water partition coefficient (Wildman–Crippen LogP) is -0.0726. The van der Waals surface area contributed by atoms with Crippen LogP contribution in [0.4, 0.5) is 0 Å². The minimum absolute atomic E-state index is 0.379. The van der Waals surface area contributed by atoms with Gasteiger partial charge in [0.05, 0.1) is 11.9 Å². The highest BCUT2D eigenvalue weighted by atomic mass is 16.4. The zero-order valence-corrected chi connectivity index (χ0v) is 9.38. The maximum Gasteiger partial charge on any atom is 0.342 e. The van der Waals surface area contributed by atoms with Crippen molar-refractivity contribution in [2.75, 3.05) is 0 Å². The molecule has 7 nitrogen and oxygen atoms in total. The lowest BCUT2D eigenvalue weighted by atomic mass is 10.3. The molecule has 0 fully saturated rings. The van der Waals surface area contributed by atoms with Gasteiger partial charge in [0.25, 0.3) is 5.56 Å². The topological polar surface area (TPSA) is 105 Å². The van der Waals surface area contributed by atoms with Gasteiger partial charge in [-0.1, -0.05) is 0 Å². The summed E-state index contributed by atoms with van der Waals surface area (Å²) in [5.74, 6) is -1.40. The molecule has 0 saturated carbocycles. The number of pyridine rings is 1. The molecule has 18 heavy (non-hydrogen) atoms. The molecule has 0 amide bonds. The minimum Gasteiger partial charge on any atom is -0.477 e. The summed E-state index contributed by atoms with van der Waals surface area (Å²) in [6, 6.07) is 3.28. The first-order valence-electron chi connectivity index (χ1n) is 5.01. The maximum atomic E-state index is 11.6. The van der Waals surface area contributed by atoms with Crippen LogP contribution < -0.4 is 11.2 Å². The van der Waals surface area contributed by atoms with Gasteiger partial charge in [0.1, 0.15) is 5.56 Å². The Morgan fingerprint density at radius 2 is 2.11 bits per heavy atom. The number of rotatable bonds is 2. The summed E-state index contributed by atoms with van der Waals surface area (Å²) in [7, 11) is 0. The number of hydrogen-bond donors (Lipinski definition) is 2. The smallest absolute Gasteiger partial charge is 0.342 e. The van der Waals surface area contributed by atoms with E-state index in [1.807, 2.05) is 4.98 Å². The van der Waals surface area contributed by atoms with Gasteiger partial charge in [0.2, 0.25) is 0 Å². The first-order chi connectivity index (χ1) is 8.49. The van der Waals surface area contributed by atoms with Gasteiger partial charge in [-0.2, -0.15) is 0 Å². The van der Waals surface area contributed by atoms with Crippen molar-refractivity contribution >= 4 is 5.97 Å². The average Bonchev–Trinajstić information content (AvgIpc) is 2.30. The molecule has 0 bridgehead atoms. The SMILES string of the molecule is Cc1ccc(-n2cc(C(=O)O)c(=O)[nH]c2=O)cn1. The Morgan fingerprint density at radius 3 is 2.67 bits per heavy atom. The van der Waals surface area contributed by atoms with Crippen LogP contribution in [0.5, 0.6) is 0 Å². The summed E-state index contributed by atoms with van der Waals surface area (Å²) in [5, 5.41) is 8.82. The number of H-pyrrole nitrogens is 1. The zero-order chi connectivity index (χ0) is 13.3. The number of aromatic amines is 1. The fourth-order valence-electron chi connectivity index (χ4n) is 1.42. The first kappa shape index (κ1) is 11.8. The molecule has 2 aromatic rings. The van der Waals surface area contributed by atoms with Gasteiger partial charge in [-0.05, 0) is 19.1 Å². The highest BCUT2D eigenvalue weighted by Gasteiger charge is 2.12. The molecule has 0 aliphatic heterocycles. The van der Waals surface area contributed by atoms with E-state index < -0.39 is 22.8 Å². The molecule has 0 unspecified atom stereocenters. The van der Waals surface area contributed by atoms with E-state index in [1.165, 1.54) is 6.20 Å². The molecule has 2 aromatic heterocycles. The number of carboxylic acids is 1. The van der Waals surface area contributed by atoms with E-state index in [1.54, 1.807) is 19.1 Å². The highest BCUT2D eigenvalue weighted by Crippen LogP contribution is 2.03. The lowest BCUT2D eigenvalue weighted by Gasteiger charge is -2.05. The van der Waals surface area contributed by atoms with Crippen LogP contribution in [0.3, 0.4) is 0 Å². The van der Waals surface area contributed by atoms with E-state index >= 15 is 0 Å². The van der Waals surface area contributed by atoms with Gasteiger partial charge in [-0.15, -0.1) is 0 Å². The van der Waals surface area contributed by atoms with Crippen molar-refractivity contribution in [3.63, 3.8) is 0 Å². The van der Waals surface area contributed by atoms with Crippen molar-refractivity contribution in [3.8, 4) is 5.69 Å². The first-order valence-corrected chi connectivity index (χ1v) is 5.01. The second kappa shape index (κ2) is 4.28. The maximum absolute atomic E-state index is 11.6. The summed E-state index contributed by atoms with van der Waals surface area (Å²) < 4.78 is 1.03. The Bertz CT molecular complexity index is 712. The molecule has 0 spiro atoms. The van der Waals surface area contributed by atoms with Crippen molar-refractivity contribution in [2.45, 2.75) is 6.92 Å². The predicted molar refractivity (Wildman–Crippen MR) is 62.2 cm³/mol. The van der Waals surface area contributed by atoms with Gasteiger partial charge < -0.3 is 5.11 Å². The quantitative estimate of drug-likeness (QED) is 0.772. The van der Waals surface area contributed by atoms with E-state index in [9.17, 15) is 14.4 Å². The summed E-state index contributed by atoms with van der Waals surface area (Å²) in [6.07, 6.45) is 2.40. The zero-order valence-electron chi connectivity index (χ0n) is 9.38. The second-order valence-electron chi connectivity index (χ2n) is 3.63. The van der Waals surface area contributed by atoms with Crippen molar-refractivity contribution in [3.05, 3.63) is 56.6 Å². The van der Waals surface area contributed by atoms with Crippen molar-refractivity contribution in [1.82, 2.24) is 14.5 Å². The molecule has 92 valence electrons. The molecule has 7 heteroatoms. The molecule has 2 heterocycles. The second-order valence-corrected chi connectivity index (χ2v) is 3.63.